The lowest BCUT2D eigenvalue weighted by Crippen LogP contribution is -2.54. The van der Waals surface area contributed by atoms with Crippen LogP contribution in [0.25, 0.3) is 6.08 Å². The zero-order valence-corrected chi connectivity index (χ0v) is 21.4. The highest BCUT2D eigenvalue weighted by Crippen LogP contribution is 2.37. The number of rotatable bonds is 8. The average molecular weight is 534 g/mol. The number of hydrogen-bond donors (Lipinski definition) is 2. The lowest BCUT2D eigenvalue weighted by atomic mass is 10.1. The molecule has 0 spiro atoms. The second-order valence-corrected chi connectivity index (χ2v) is 8.67. The minimum absolute atomic E-state index is 0.103. The lowest BCUT2D eigenvalue weighted by molar-refractivity contribution is -0.122. The smallest absolute Gasteiger partial charge is 0.335 e. The van der Waals surface area contributed by atoms with Crippen molar-refractivity contribution in [1.29, 1.82) is 0 Å². The fourth-order valence-electron chi connectivity index (χ4n) is 3.77. The Hall–Kier alpha value is -4.63. The van der Waals surface area contributed by atoms with Gasteiger partial charge in [0.25, 0.3) is 17.7 Å². The highest BCUT2D eigenvalue weighted by atomic mass is 35.5. The second kappa shape index (κ2) is 11.6. The number of para-hydroxylation sites is 1. The van der Waals surface area contributed by atoms with Gasteiger partial charge in [-0.05, 0) is 67.4 Å². The molecular weight excluding hydrogens is 510 g/mol. The zero-order valence-electron chi connectivity index (χ0n) is 20.6. The maximum Gasteiger partial charge on any atom is 0.335 e. The van der Waals surface area contributed by atoms with Crippen LogP contribution < -0.4 is 25.0 Å². The molecule has 9 nitrogen and oxygen atoms in total. The fraction of sp³-hybridized carbons (Fsp3) is 0.143. The summed E-state index contributed by atoms with van der Waals surface area (Å²) in [6.45, 7) is 3.61. The SMILES string of the molecule is CCOc1cc(/C=C2\C(=O)NC(=O)N(c3ccccc3)C2=O)cc(Cl)c1OCC(=O)Nc1cccc(C)c1. The number of imide groups is 2. The van der Waals surface area contributed by atoms with Crippen LogP contribution in [0, 0.1) is 6.92 Å². The maximum absolute atomic E-state index is 13.1. The topological polar surface area (TPSA) is 114 Å². The first-order chi connectivity index (χ1) is 18.3. The summed E-state index contributed by atoms with van der Waals surface area (Å²) in [5, 5.41) is 5.03. The molecular formula is C28H24ClN3O6. The molecule has 3 aromatic carbocycles. The number of aryl methyl sites for hydroxylation is 1. The molecule has 1 heterocycles. The minimum atomic E-state index is -0.843. The number of carbonyl (C=O) groups excluding carboxylic acids is 4. The fourth-order valence-corrected chi connectivity index (χ4v) is 4.04. The number of carbonyl (C=O) groups is 4. The van der Waals surface area contributed by atoms with E-state index in [1.165, 1.54) is 18.2 Å². The van der Waals surface area contributed by atoms with E-state index < -0.39 is 23.8 Å². The van der Waals surface area contributed by atoms with Gasteiger partial charge in [-0.15, -0.1) is 0 Å². The predicted molar refractivity (Wildman–Crippen MR) is 143 cm³/mol. The number of hydrogen-bond acceptors (Lipinski definition) is 6. The van der Waals surface area contributed by atoms with Gasteiger partial charge in [-0.25, -0.2) is 9.69 Å². The van der Waals surface area contributed by atoms with E-state index in [4.69, 9.17) is 21.1 Å². The molecule has 1 aliphatic rings. The Balaban J connectivity index is 1.57. The van der Waals surface area contributed by atoms with Crippen molar-refractivity contribution in [1.82, 2.24) is 5.32 Å². The minimum Gasteiger partial charge on any atom is -0.490 e. The Labute approximate surface area is 224 Å². The van der Waals surface area contributed by atoms with E-state index in [-0.39, 0.29) is 35.3 Å². The van der Waals surface area contributed by atoms with Gasteiger partial charge in [-0.3, -0.25) is 19.7 Å². The third-order valence-electron chi connectivity index (χ3n) is 5.41. The summed E-state index contributed by atoms with van der Waals surface area (Å²) in [4.78, 5) is 51.3. The van der Waals surface area contributed by atoms with Crippen LogP contribution in [0.2, 0.25) is 5.02 Å². The Bertz CT molecular complexity index is 1440. The van der Waals surface area contributed by atoms with Crippen molar-refractivity contribution in [2.75, 3.05) is 23.4 Å². The van der Waals surface area contributed by atoms with Gasteiger partial charge in [0.05, 0.1) is 17.3 Å². The number of amides is 5. The largest absolute Gasteiger partial charge is 0.490 e. The monoisotopic (exact) mass is 533 g/mol. The second-order valence-electron chi connectivity index (χ2n) is 8.26. The summed E-state index contributed by atoms with van der Waals surface area (Å²) in [5.74, 6) is -1.66. The highest BCUT2D eigenvalue weighted by Gasteiger charge is 2.36. The Morgan fingerprint density at radius 2 is 1.79 bits per heavy atom. The number of ether oxygens (including phenoxy) is 2. The molecule has 0 atom stereocenters. The van der Waals surface area contributed by atoms with Crippen LogP contribution in [0.1, 0.15) is 18.1 Å². The van der Waals surface area contributed by atoms with Crippen LogP contribution in [0.4, 0.5) is 16.2 Å². The molecule has 0 bridgehead atoms. The molecule has 2 N–H and O–H groups in total. The number of benzene rings is 3. The average Bonchev–Trinajstić information content (AvgIpc) is 2.87. The number of halogens is 1. The van der Waals surface area contributed by atoms with Gasteiger partial charge in [0.1, 0.15) is 5.57 Å². The van der Waals surface area contributed by atoms with E-state index in [2.05, 4.69) is 10.6 Å². The van der Waals surface area contributed by atoms with Crippen molar-refractivity contribution < 1.29 is 28.7 Å². The van der Waals surface area contributed by atoms with Crippen molar-refractivity contribution >= 4 is 52.8 Å². The molecule has 1 fully saturated rings. The lowest BCUT2D eigenvalue weighted by Gasteiger charge is -2.26. The number of nitrogens with one attached hydrogen (secondary N) is 2. The molecule has 194 valence electrons. The van der Waals surface area contributed by atoms with Crippen LogP contribution in [0.15, 0.2) is 72.3 Å². The molecule has 0 unspecified atom stereocenters. The molecule has 0 saturated carbocycles. The van der Waals surface area contributed by atoms with Crippen LogP contribution in [0.5, 0.6) is 11.5 Å². The molecule has 4 rings (SSSR count). The van der Waals surface area contributed by atoms with Gasteiger partial charge in [-0.2, -0.15) is 0 Å². The van der Waals surface area contributed by atoms with Crippen molar-refractivity contribution in [3.8, 4) is 11.5 Å². The van der Waals surface area contributed by atoms with Crippen molar-refractivity contribution in [3.05, 3.63) is 88.5 Å². The molecule has 0 radical (unpaired) electrons. The zero-order chi connectivity index (χ0) is 27.2. The molecule has 1 aliphatic heterocycles. The summed E-state index contributed by atoms with van der Waals surface area (Å²) in [5.41, 5.74) is 2.04. The van der Waals surface area contributed by atoms with Gasteiger partial charge < -0.3 is 14.8 Å². The number of anilines is 2. The number of nitrogens with zero attached hydrogens (tertiary/aromatic N) is 1. The summed E-state index contributed by atoms with van der Waals surface area (Å²) in [6, 6.07) is 17.7. The normalized spacial score (nSPS) is 14.3. The first kappa shape index (κ1) is 26.4. The van der Waals surface area contributed by atoms with E-state index in [0.717, 1.165) is 10.5 Å². The Morgan fingerprint density at radius 3 is 2.50 bits per heavy atom. The quantitative estimate of drug-likeness (QED) is 0.319. The number of urea groups is 1. The molecule has 5 amide bonds. The standard InChI is InChI=1S/C28H24ClN3O6/c1-3-37-23-15-18(13-21-26(34)31-28(36)32(27(21)35)20-10-5-4-6-11-20)14-22(29)25(23)38-16-24(33)30-19-9-7-8-17(2)12-19/h4-15H,3,16H2,1-2H3,(H,30,33)(H,31,34,36)/b21-13+. The predicted octanol–water partition coefficient (Wildman–Crippen LogP) is 4.73. The number of barbiturate groups is 1. The van der Waals surface area contributed by atoms with Crippen molar-refractivity contribution in [2.24, 2.45) is 0 Å². The summed E-state index contributed by atoms with van der Waals surface area (Å²) in [7, 11) is 0. The molecule has 10 heteroatoms. The van der Waals surface area contributed by atoms with Gasteiger partial charge in [0.15, 0.2) is 18.1 Å². The van der Waals surface area contributed by atoms with Crippen LogP contribution in [0.3, 0.4) is 0 Å². The third-order valence-corrected chi connectivity index (χ3v) is 5.69. The van der Waals surface area contributed by atoms with Crippen LogP contribution >= 0.6 is 11.6 Å². The maximum atomic E-state index is 13.1. The highest BCUT2D eigenvalue weighted by molar-refractivity contribution is 6.39. The molecule has 0 aromatic heterocycles. The third kappa shape index (κ3) is 6.01. The molecule has 3 aromatic rings. The van der Waals surface area contributed by atoms with E-state index in [1.54, 1.807) is 43.3 Å². The van der Waals surface area contributed by atoms with Gasteiger partial charge in [0, 0.05) is 5.69 Å². The molecule has 0 aliphatic carbocycles. The van der Waals surface area contributed by atoms with Gasteiger partial charge in [0.2, 0.25) is 0 Å². The van der Waals surface area contributed by atoms with E-state index in [0.29, 0.717) is 16.9 Å². The van der Waals surface area contributed by atoms with Crippen LogP contribution in [-0.2, 0) is 14.4 Å². The van der Waals surface area contributed by atoms with Crippen LogP contribution in [-0.4, -0.2) is 37.0 Å². The summed E-state index contributed by atoms with van der Waals surface area (Å²) >= 11 is 6.46. The first-order valence-corrected chi connectivity index (χ1v) is 12.1. The summed E-state index contributed by atoms with van der Waals surface area (Å²) in [6.07, 6.45) is 1.31. The van der Waals surface area contributed by atoms with Gasteiger partial charge >= 0.3 is 6.03 Å². The Kier molecular flexibility index (Phi) is 8.08. The van der Waals surface area contributed by atoms with E-state index in [9.17, 15) is 19.2 Å². The van der Waals surface area contributed by atoms with Crippen molar-refractivity contribution in [2.45, 2.75) is 13.8 Å². The van der Waals surface area contributed by atoms with Gasteiger partial charge in [-0.1, -0.05) is 41.9 Å². The summed E-state index contributed by atoms with van der Waals surface area (Å²) < 4.78 is 11.3. The van der Waals surface area contributed by atoms with E-state index >= 15 is 0 Å². The molecule has 38 heavy (non-hydrogen) atoms. The Morgan fingerprint density at radius 1 is 1.03 bits per heavy atom. The van der Waals surface area contributed by atoms with Crippen molar-refractivity contribution in [3.63, 3.8) is 0 Å². The van der Waals surface area contributed by atoms with E-state index in [1.807, 2.05) is 25.1 Å². The molecule has 1 saturated heterocycles. The first-order valence-electron chi connectivity index (χ1n) is 11.7.